The van der Waals surface area contributed by atoms with Crippen molar-refractivity contribution in [1.29, 1.82) is 0 Å². The molecule has 0 aromatic heterocycles. The Labute approximate surface area is 152 Å². The Balaban J connectivity index is 2.07. The minimum atomic E-state index is -0.766. The minimum Gasteiger partial charge on any atom is -0.494 e. The Morgan fingerprint density at radius 2 is 2.00 bits per heavy atom. The van der Waals surface area contributed by atoms with E-state index in [4.69, 9.17) is 16.3 Å². The maximum absolute atomic E-state index is 12.5. The Morgan fingerprint density at radius 3 is 2.56 bits per heavy atom. The molecule has 25 heavy (non-hydrogen) atoms. The number of hydrogen-bond donors (Lipinski definition) is 0. The van der Waals surface area contributed by atoms with Gasteiger partial charge >= 0.3 is 6.03 Å². The van der Waals surface area contributed by atoms with Gasteiger partial charge in [-0.15, -0.1) is 0 Å². The average molecular weight is 368 g/mol. The molecule has 0 N–H and O–H groups in total. The summed E-state index contributed by atoms with van der Waals surface area (Å²) in [5.41, 5.74) is 0.782. The second kappa shape index (κ2) is 7.74. The van der Waals surface area contributed by atoms with Crippen LogP contribution >= 0.6 is 11.6 Å². The predicted molar refractivity (Wildman–Crippen MR) is 93.4 cm³/mol. The molecule has 0 saturated carbocycles. The molecular weight excluding hydrogens is 346 g/mol. The van der Waals surface area contributed by atoms with Crippen LogP contribution in [0.5, 0.6) is 5.75 Å². The maximum Gasteiger partial charge on any atom is 0.326 e. The van der Waals surface area contributed by atoms with Crippen LogP contribution in [0, 0.1) is 0 Å². The summed E-state index contributed by atoms with van der Waals surface area (Å²) in [5.74, 6) is 0.0539. The number of carbonyl (C=O) groups is 3. The van der Waals surface area contributed by atoms with Gasteiger partial charge in [0.15, 0.2) is 0 Å². The third kappa shape index (κ3) is 4.04. The van der Waals surface area contributed by atoms with Crippen molar-refractivity contribution in [2.24, 2.45) is 0 Å². The van der Waals surface area contributed by atoms with Crippen LogP contribution in [0.25, 0.3) is 0 Å². The first-order valence-electron chi connectivity index (χ1n) is 7.95. The largest absolute Gasteiger partial charge is 0.494 e. The number of amides is 4. The highest BCUT2D eigenvalue weighted by Gasteiger charge is 2.42. The number of benzene rings is 1. The third-order valence-electron chi connectivity index (χ3n) is 4.20. The van der Waals surface area contributed by atoms with Gasteiger partial charge in [0.2, 0.25) is 5.91 Å². The number of nitrogens with zero attached hydrogens (tertiary/aromatic N) is 3. The van der Waals surface area contributed by atoms with Gasteiger partial charge in [-0.3, -0.25) is 14.5 Å². The topological polar surface area (TPSA) is 70.2 Å². The monoisotopic (exact) mass is 367 g/mol. The van der Waals surface area contributed by atoms with E-state index >= 15 is 0 Å². The van der Waals surface area contributed by atoms with E-state index in [1.54, 1.807) is 25.2 Å². The summed E-state index contributed by atoms with van der Waals surface area (Å²) < 4.78 is 5.56. The Kier molecular flexibility index (Phi) is 5.89. The van der Waals surface area contributed by atoms with Crippen molar-refractivity contribution in [2.75, 3.05) is 27.7 Å². The maximum atomic E-state index is 12.5. The van der Waals surface area contributed by atoms with Crippen LogP contribution in [0.2, 0.25) is 5.02 Å². The molecule has 1 unspecified atom stereocenters. The molecule has 2 rings (SSSR count). The number of urea groups is 1. The van der Waals surface area contributed by atoms with Gasteiger partial charge in [0.1, 0.15) is 11.8 Å². The predicted octanol–water partition coefficient (Wildman–Crippen LogP) is 1.98. The second-order valence-corrected chi connectivity index (χ2v) is 6.38. The highest BCUT2D eigenvalue weighted by molar-refractivity contribution is 6.30. The van der Waals surface area contributed by atoms with Gasteiger partial charge < -0.3 is 14.5 Å². The molecule has 8 heteroatoms. The zero-order chi connectivity index (χ0) is 18.7. The molecule has 1 atom stereocenters. The number of hydrogen-bond acceptors (Lipinski definition) is 4. The third-order valence-corrected chi connectivity index (χ3v) is 4.43. The summed E-state index contributed by atoms with van der Waals surface area (Å²) in [6.07, 6.45) is -0.0630. The molecule has 1 aromatic carbocycles. The van der Waals surface area contributed by atoms with Gasteiger partial charge in [-0.25, -0.2) is 4.79 Å². The van der Waals surface area contributed by atoms with Crippen LogP contribution in [-0.4, -0.2) is 66.3 Å². The number of likely N-dealkylation sites (N-methyl/N-ethyl adjacent to an activating group) is 2. The van der Waals surface area contributed by atoms with E-state index in [2.05, 4.69) is 0 Å². The molecule has 1 aliphatic heterocycles. The van der Waals surface area contributed by atoms with Crippen molar-refractivity contribution in [2.45, 2.75) is 25.9 Å². The van der Waals surface area contributed by atoms with Crippen molar-refractivity contribution in [3.05, 3.63) is 28.8 Å². The van der Waals surface area contributed by atoms with Gasteiger partial charge in [0.05, 0.1) is 13.0 Å². The molecule has 0 spiro atoms. The molecule has 1 saturated heterocycles. The number of halogens is 1. The lowest BCUT2D eigenvalue weighted by molar-refractivity contribution is -0.135. The van der Waals surface area contributed by atoms with Crippen LogP contribution in [0.15, 0.2) is 18.2 Å². The average Bonchev–Trinajstić information content (AvgIpc) is 2.75. The van der Waals surface area contributed by atoms with Gasteiger partial charge in [-0.1, -0.05) is 11.6 Å². The van der Waals surface area contributed by atoms with Gasteiger partial charge in [-0.05, 0) is 25.1 Å². The van der Waals surface area contributed by atoms with Crippen molar-refractivity contribution in [3.8, 4) is 5.75 Å². The summed E-state index contributed by atoms with van der Waals surface area (Å²) >= 11 is 6.03. The second-order valence-electron chi connectivity index (χ2n) is 5.95. The lowest BCUT2D eigenvalue weighted by Crippen LogP contribution is -2.38. The number of ether oxygens (including phenoxy) is 1. The van der Waals surface area contributed by atoms with Gasteiger partial charge in [0.25, 0.3) is 5.91 Å². The zero-order valence-electron chi connectivity index (χ0n) is 14.8. The molecule has 1 heterocycles. The summed E-state index contributed by atoms with van der Waals surface area (Å²) in [7, 11) is 4.57. The fourth-order valence-electron chi connectivity index (χ4n) is 2.71. The van der Waals surface area contributed by atoms with E-state index < -0.39 is 12.1 Å². The molecule has 136 valence electrons. The molecule has 7 nitrogen and oxygen atoms in total. The fraction of sp³-hybridized carbons (Fsp3) is 0.471. The Bertz CT molecular complexity index is 694. The Hall–Kier alpha value is -2.28. The quantitative estimate of drug-likeness (QED) is 0.721. The Morgan fingerprint density at radius 1 is 1.32 bits per heavy atom. The van der Waals surface area contributed by atoms with Gasteiger partial charge in [-0.2, -0.15) is 0 Å². The number of imide groups is 1. The molecule has 0 radical (unpaired) electrons. The van der Waals surface area contributed by atoms with E-state index in [1.807, 2.05) is 6.92 Å². The van der Waals surface area contributed by atoms with Crippen LogP contribution in [0.3, 0.4) is 0 Å². The molecule has 0 bridgehead atoms. The van der Waals surface area contributed by atoms with Gasteiger partial charge in [0, 0.05) is 38.3 Å². The normalized spacial score (nSPS) is 17.2. The van der Waals surface area contributed by atoms with Crippen LogP contribution in [0.4, 0.5) is 4.79 Å². The van der Waals surface area contributed by atoms with Crippen molar-refractivity contribution in [1.82, 2.24) is 14.7 Å². The smallest absolute Gasteiger partial charge is 0.326 e. The molecule has 1 fully saturated rings. The first kappa shape index (κ1) is 19.1. The minimum absolute atomic E-state index is 0.0630. The van der Waals surface area contributed by atoms with Crippen molar-refractivity contribution < 1.29 is 19.1 Å². The molecule has 4 amide bonds. The van der Waals surface area contributed by atoms with E-state index in [0.717, 1.165) is 10.5 Å². The SMILES string of the molecule is CCOc1ccc(Cl)cc1CN(C)C(=O)CC1C(=O)N(C)C(=O)N1C. The van der Waals surface area contributed by atoms with Crippen LogP contribution in [-0.2, 0) is 16.1 Å². The molecular formula is C17H22ClN3O4. The summed E-state index contributed by atoms with van der Waals surface area (Å²) in [5, 5.41) is 0.553. The van der Waals surface area contributed by atoms with E-state index in [9.17, 15) is 14.4 Å². The van der Waals surface area contributed by atoms with Crippen LogP contribution < -0.4 is 4.74 Å². The summed E-state index contributed by atoms with van der Waals surface area (Å²) in [6.45, 7) is 2.67. The summed E-state index contributed by atoms with van der Waals surface area (Å²) in [4.78, 5) is 40.2. The molecule has 0 aliphatic carbocycles. The molecule has 1 aromatic rings. The highest BCUT2D eigenvalue weighted by atomic mass is 35.5. The van der Waals surface area contributed by atoms with Crippen molar-refractivity contribution in [3.63, 3.8) is 0 Å². The van der Waals surface area contributed by atoms with E-state index in [1.165, 1.54) is 23.9 Å². The zero-order valence-corrected chi connectivity index (χ0v) is 15.5. The summed E-state index contributed by atoms with van der Waals surface area (Å²) in [6, 6.07) is 4.07. The first-order valence-corrected chi connectivity index (χ1v) is 8.33. The van der Waals surface area contributed by atoms with E-state index in [0.29, 0.717) is 23.9 Å². The highest BCUT2D eigenvalue weighted by Crippen LogP contribution is 2.25. The van der Waals surface area contributed by atoms with E-state index in [-0.39, 0.29) is 18.2 Å². The standard InChI is InChI=1S/C17H22ClN3O4/c1-5-25-14-7-6-12(18)8-11(14)10-19(2)15(22)9-13-16(23)21(4)17(24)20(13)3/h6-8,13H,5,9-10H2,1-4H3. The lowest BCUT2D eigenvalue weighted by Gasteiger charge is -2.22. The first-order chi connectivity index (χ1) is 11.8. The number of rotatable bonds is 6. The fourth-order valence-corrected chi connectivity index (χ4v) is 2.91. The lowest BCUT2D eigenvalue weighted by atomic mass is 10.1. The van der Waals surface area contributed by atoms with Crippen molar-refractivity contribution >= 4 is 29.4 Å². The number of carbonyl (C=O) groups excluding carboxylic acids is 3. The molecule has 1 aliphatic rings. The van der Waals surface area contributed by atoms with Crippen LogP contribution in [0.1, 0.15) is 18.9 Å².